The van der Waals surface area contributed by atoms with Crippen LogP contribution in [-0.2, 0) is 22.3 Å². The molecule has 0 amide bonds. The molecule has 0 unspecified atom stereocenters. The van der Waals surface area contributed by atoms with Gasteiger partial charge in [0.05, 0.1) is 12.3 Å². The lowest BCUT2D eigenvalue weighted by Gasteiger charge is -2.17. The number of benzene rings is 1. The molecule has 7 heteroatoms. The normalized spacial score (nSPS) is 12.6. The number of hydrogen-bond acceptors (Lipinski definition) is 3. The van der Waals surface area contributed by atoms with E-state index in [9.17, 15) is 17.2 Å². The summed E-state index contributed by atoms with van der Waals surface area (Å²) in [5.74, 6) is -0.272. The Morgan fingerprint density at radius 3 is 2.43 bits per heavy atom. The molecule has 0 aromatic heterocycles. The van der Waals surface area contributed by atoms with Gasteiger partial charge in [-0.05, 0) is 11.1 Å². The summed E-state index contributed by atoms with van der Waals surface area (Å²) in [5, 5.41) is 3.24. The molecule has 0 bridgehead atoms. The fourth-order valence-corrected chi connectivity index (χ4v) is 2.94. The summed E-state index contributed by atoms with van der Waals surface area (Å²) < 4.78 is 49.2. The SMILES string of the molecule is CC(C)NCc1cccc(CS(=O)(=O)N(C)CC(F)F)c1. The molecule has 0 saturated heterocycles. The molecular weight excluding hydrogens is 298 g/mol. The highest BCUT2D eigenvalue weighted by Crippen LogP contribution is 2.13. The lowest BCUT2D eigenvalue weighted by molar-refractivity contribution is 0.126. The third-order valence-electron chi connectivity index (χ3n) is 2.92. The number of alkyl halides is 2. The van der Waals surface area contributed by atoms with Crippen LogP contribution in [0.15, 0.2) is 24.3 Å². The number of nitrogens with zero attached hydrogens (tertiary/aromatic N) is 1. The predicted octanol–water partition coefficient (Wildman–Crippen LogP) is 2.21. The van der Waals surface area contributed by atoms with Gasteiger partial charge in [0, 0.05) is 19.6 Å². The Bertz CT molecular complexity index is 548. The largest absolute Gasteiger partial charge is 0.310 e. The van der Waals surface area contributed by atoms with Crippen LogP contribution in [-0.4, -0.2) is 38.8 Å². The average Bonchev–Trinajstić information content (AvgIpc) is 2.35. The molecule has 4 nitrogen and oxygen atoms in total. The zero-order chi connectivity index (χ0) is 16.0. The number of rotatable bonds is 8. The quantitative estimate of drug-likeness (QED) is 0.799. The second-order valence-corrected chi connectivity index (χ2v) is 7.36. The number of sulfonamides is 1. The van der Waals surface area contributed by atoms with Crippen LogP contribution >= 0.6 is 0 Å². The fraction of sp³-hybridized carbons (Fsp3) is 0.571. The van der Waals surface area contributed by atoms with E-state index in [1.54, 1.807) is 18.2 Å². The van der Waals surface area contributed by atoms with E-state index >= 15 is 0 Å². The first-order chi connectivity index (χ1) is 9.70. The summed E-state index contributed by atoms with van der Waals surface area (Å²) in [5.41, 5.74) is 1.56. The second-order valence-electron chi connectivity index (χ2n) is 5.28. The van der Waals surface area contributed by atoms with E-state index in [2.05, 4.69) is 5.32 Å². The van der Waals surface area contributed by atoms with Gasteiger partial charge in [-0.1, -0.05) is 38.1 Å². The minimum absolute atomic E-state index is 0.272. The maximum Gasteiger partial charge on any atom is 0.252 e. The van der Waals surface area contributed by atoms with Crippen molar-refractivity contribution in [1.82, 2.24) is 9.62 Å². The van der Waals surface area contributed by atoms with Gasteiger partial charge in [-0.2, -0.15) is 4.31 Å². The van der Waals surface area contributed by atoms with Gasteiger partial charge in [-0.15, -0.1) is 0 Å². The maximum absolute atomic E-state index is 12.3. The van der Waals surface area contributed by atoms with Gasteiger partial charge >= 0.3 is 0 Å². The van der Waals surface area contributed by atoms with E-state index in [0.717, 1.165) is 5.56 Å². The first kappa shape index (κ1) is 18.0. The maximum atomic E-state index is 12.3. The zero-order valence-corrected chi connectivity index (χ0v) is 13.3. The molecule has 0 aliphatic carbocycles. The van der Waals surface area contributed by atoms with Crippen molar-refractivity contribution in [3.8, 4) is 0 Å². The summed E-state index contributed by atoms with van der Waals surface area (Å²) in [6.07, 6.45) is -2.67. The van der Waals surface area contributed by atoms with Crippen LogP contribution < -0.4 is 5.32 Å². The van der Waals surface area contributed by atoms with Crippen molar-refractivity contribution in [2.75, 3.05) is 13.6 Å². The molecular formula is C14H22F2N2O2S. The summed E-state index contributed by atoms with van der Waals surface area (Å²) in [6.45, 7) is 3.90. The van der Waals surface area contributed by atoms with Crippen LogP contribution in [0.1, 0.15) is 25.0 Å². The smallest absolute Gasteiger partial charge is 0.252 e. The summed E-state index contributed by atoms with van der Waals surface area (Å²) in [6, 6.07) is 7.47. The third kappa shape index (κ3) is 6.50. The first-order valence-corrected chi connectivity index (χ1v) is 8.35. The molecule has 0 fully saturated rings. The Kier molecular flexibility index (Phi) is 6.70. The van der Waals surface area contributed by atoms with Gasteiger partial charge < -0.3 is 5.32 Å². The third-order valence-corrected chi connectivity index (χ3v) is 4.72. The van der Waals surface area contributed by atoms with Gasteiger partial charge in [0.1, 0.15) is 0 Å². The molecule has 0 spiro atoms. The Morgan fingerprint density at radius 2 is 1.86 bits per heavy atom. The molecule has 120 valence electrons. The summed E-state index contributed by atoms with van der Waals surface area (Å²) in [4.78, 5) is 0. The molecule has 0 atom stereocenters. The van der Waals surface area contributed by atoms with E-state index in [4.69, 9.17) is 0 Å². The lowest BCUT2D eigenvalue weighted by atomic mass is 10.1. The van der Waals surface area contributed by atoms with Crippen molar-refractivity contribution >= 4 is 10.0 Å². The van der Waals surface area contributed by atoms with Crippen LogP contribution in [0.3, 0.4) is 0 Å². The van der Waals surface area contributed by atoms with Crippen molar-refractivity contribution in [3.05, 3.63) is 35.4 Å². The zero-order valence-electron chi connectivity index (χ0n) is 12.5. The average molecular weight is 320 g/mol. The van der Waals surface area contributed by atoms with Gasteiger partial charge in [0.25, 0.3) is 6.43 Å². The van der Waals surface area contributed by atoms with Crippen LogP contribution in [0.4, 0.5) is 8.78 Å². The van der Waals surface area contributed by atoms with Crippen LogP contribution in [0.25, 0.3) is 0 Å². The van der Waals surface area contributed by atoms with Gasteiger partial charge in [0.15, 0.2) is 0 Å². The predicted molar refractivity (Wildman–Crippen MR) is 79.7 cm³/mol. The Labute approximate surface area is 125 Å². The van der Waals surface area contributed by atoms with Crippen molar-refractivity contribution in [1.29, 1.82) is 0 Å². The molecule has 0 aliphatic heterocycles. The van der Waals surface area contributed by atoms with Crippen molar-refractivity contribution < 1.29 is 17.2 Å². The molecule has 1 N–H and O–H groups in total. The van der Waals surface area contributed by atoms with Crippen molar-refractivity contribution in [2.45, 2.75) is 38.6 Å². The monoisotopic (exact) mass is 320 g/mol. The fourth-order valence-electron chi connectivity index (χ4n) is 1.78. The number of hydrogen-bond donors (Lipinski definition) is 1. The van der Waals surface area contributed by atoms with Crippen LogP contribution in [0.2, 0.25) is 0 Å². The Morgan fingerprint density at radius 1 is 1.24 bits per heavy atom. The molecule has 0 heterocycles. The molecule has 21 heavy (non-hydrogen) atoms. The number of halogens is 2. The topological polar surface area (TPSA) is 49.4 Å². The van der Waals surface area contributed by atoms with Gasteiger partial charge in [-0.3, -0.25) is 0 Å². The molecule has 1 rings (SSSR count). The Balaban J connectivity index is 2.76. The van der Waals surface area contributed by atoms with E-state index in [1.807, 2.05) is 19.9 Å². The number of nitrogens with one attached hydrogen (secondary N) is 1. The molecule has 1 aromatic carbocycles. The summed E-state index contributed by atoms with van der Waals surface area (Å²) in [7, 11) is -2.55. The highest BCUT2D eigenvalue weighted by atomic mass is 32.2. The van der Waals surface area contributed by atoms with E-state index < -0.39 is 23.0 Å². The second kappa shape index (κ2) is 7.82. The van der Waals surface area contributed by atoms with Crippen molar-refractivity contribution in [3.63, 3.8) is 0 Å². The van der Waals surface area contributed by atoms with Gasteiger partial charge in [-0.25, -0.2) is 17.2 Å². The first-order valence-electron chi connectivity index (χ1n) is 6.74. The summed E-state index contributed by atoms with van der Waals surface area (Å²) >= 11 is 0. The van der Waals surface area contributed by atoms with E-state index in [1.165, 1.54) is 7.05 Å². The van der Waals surface area contributed by atoms with E-state index in [0.29, 0.717) is 22.5 Å². The molecule has 0 radical (unpaired) electrons. The van der Waals surface area contributed by atoms with Gasteiger partial charge in [0.2, 0.25) is 10.0 Å². The van der Waals surface area contributed by atoms with E-state index in [-0.39, 0.29) is 5.75 Å². The lowest BCUT2D eigenvalue weighted by Crippen LogP contribution is -2.32. The molecule has 0 aliphatic rings. The minimum Gasteiger partial charge on any atom is -0.310 e. The standard InChI is InChI=1S/C14H22F2N2O2S/c1-11(2)17-8-12-5-4-6-13(7-12)10-21(19,20)18(3)9-14(15)16/h4-7,11,14,17H,8-10H2,1-3H3. The minimum atomic E-state index is -3.72. The molecule has 0 saturated carbocycles. The van der Waals surface area contributed by atoms with Crippen LogP contribution in [0.5, 0.6) is 0 Å². The van der Waals surface area contributed by atoms with Crippen LogP contribution in [0, 0.1) is 0 Å². The molecule has 1 aromatic rings. The highest BCUT2D eigenvalue weighted by molar-refractivity contribution is 7.88. The Hall–Kier alpha value is -1.05. The highest BCUT2D eigenvalue weighted by Gasteiger charge is 2.21. The van der Waals surface area contributed by atoms with Crippen molar-refractivity contribution in [2.24, 2.45) is 0 Å².